The monoisotopic (exact) mass is 759 g/mol. The van der Waals surface area contributed by atoms with E-state index in [0.717, 1.165) is 4.90 Å². The van der Waals surface area contributed by atoms with E-state index in [9.17, 15) is 41.6 Å². The lowest BCUT2D eigenvalue weighted by molar-refractivity contribution is -0.141. The normalized spacial score (nSPS) is 23.9. The van der Waals surface area contributed by atoms with Crippen LogP contribution in [0.5, 0.6) is 0 Å². The second-order valence-corrected chi connectivity index (χ2v) is 17.2. The van der Waals surface area contributed by atoms with Crippen LogP contribution in [0, 0.1) is 11.7 Å². The molecule has 17 heteroatoms. The summed E-state index contributed by atoms with van der Waals surface area (Å²) in [7, 11) is -3.97. The highest BCUT2D eigenvalue weighted by molar-refractivity contribution is 7.91. The standard InChI is InChI=1S/C36H46FN5O10S/c1-7-22-16-36(22,32(46)40-53(49,50)25-11-12-25)39-30(44)29-15-24(51-34(48)41-17-21-9-8-10-27(37)26(21)19-41)18-42(29)31(45)28(14-23(43)13-20(2)3)38-33(47)52-35(4,5)6/h7-10,13,22,24-25,28-29H,1,11-12,14-19H2,2-6H3,(H,38,47)(H,39,44)(H,40,46)/t22-,24?,28+,29?,36-/m1/s1. The van der Waals surface area contributed by atoms with Crippen LogP contribution in [0.2, 0.25) is 0 Å². The molecule has 0 radical (unpaired) electrons. The number of allylic oxidation sites excluding steroid dienone is 2. The van der Waals surface area contributed by atoms with E-state index in [1.807, 2.05) is 0 Å². The molecule has 2 saturated carbocycles. The second-order valence-electron chi connectivity index (χ2n) is 15.3. The van der Waals surface area contributed by atoms with E-state index < -0.39 is 98.4 Å². The number of nitrogens with zero attached hydrogens (tertiary/aromatic N) is 2. The van der Waals surface area contributed by atoms with Crippen molar-refractivity contribution >= 4 is 45.7 Å². The highest BCUT2D eigenvalue weighted by atomic mass is 32.2. The van der Waals surface area contributed by atoms with Crippen LogP contribution in [0.4, 0.5) is 14.0 Å². The molecule has 5 rings (SSSR count). The number of alkyl carbamates (subject to hydrolysis) is 1. The Morgan fingerprint density at radius 3 is 2.40 bits per heavy atom. The Morgan fingerprint density at radius 2 is 1.81 bits per heavy atom. The third-order valence-electron chi connectivity index (χ3n) is 9.39. The molecule has 4 aliphatic rings. The van der Waals surface area contributed by atoms with Crippen molar-refractivity contribution in [2.75, 3.05) is 6.54 Å². The molecule has 288 valence electrons. The Bertz CT molecular complexity index is 1850. The zero-order valence-electron chi connectivity index (χ0n) is 30.4. The molecule has 15 nitrogen and oxygen atoms in total. The van der Waals surface area contributed by atoms with Gasteiger partial charge in [0.15, 0.2) is 5.78 Å². The zero-order chi connectivity index (χ0) is 39.0. The number of fused-ring (bicyclic) bond motifs is 1. The number of hydrogen-bond donors (Lipinski definition) is 3. The number of ether oxygens (including phenoxy) is 2. The molecule has 0 bridgehead atoms. The summed E-state index contributed by atoms with van der Waals surface area (Å²) in [6, 6.07) is 1.59. The van der Waals surface area contributed by atoms with Gasteiger partial charge in [0.25, 0.3) is 5.91 Å². The fourth-order valence-corrected chi connectivity index (χ4v) is 7.92. The predicted molar refractivity (Wildman–Crippen MR) is 188 cm³/mol. The fourth-order valence-electron chi connectivity index (χ4n) is 6.55. The minimum Gasteiger partial charge on any atom is -0.444 e. The first-order valence-corrected chi connectivity index (χ1v) is 19.0. The highest BCUT2D eigenvalue weighted by Gasteiger charge is 2.62. The Kier molecular flexibility index (Phi) is 11.1. The maximum absolute atomic E-state index is 14.4. The number of rotatable bonds is 12. The number of hydrogen-bond acceptors (Lipinski definition) is 10. The Morgan fingerprint density at radius 1 is 1.11 bits per heavy atom. The molecule has 3 N–H and O–H groups in total. The third-order valence-corrected chi connectivity index (χ3v) is 11.2. The maximum Gasteiger partial charge on any atom is 0.410 e. The highest BCUT2D eigenvalue weighted by Crippen LogP contribution is 2.45. The van der Waals surface area contributed by atoms with Crippen molar-refractivity contribution < 1.29 is 51.0 Å². The molecule has 1 aromatic carbocycles. The molecular weight excluding hydrogens is 713 g/mol. The van der Waals surface area contributed by atoms with Crippen molar-refractivity contribution in [1.29, 1.82) is 0 Å². The van der Waals surface area contributed by atoms with Gasteiger partial charge >= 0.3 is 12.2 Å². The van der Waals surface area contributed by atoms with E-state index in [1.165, 1.54) is 29.2 Å². The van der Waals surface area contributed by atoms with Gasteiger partial charge in [-0.15, -0.1) is 6.58 Å². The molecule has 1 saturated heterocycles. The molecule has 53 heavy (non-hydrogen) atoms. The summed E-state index contributed by atoms with van der Waals surface area (Å²) in [5, 5.41) is 4.37. The SMILES string of the molecule is C=C[C@@H]1C[C@]1(NC(=O)C1CC(OC(=O)N2Cc3cccc(F)c3C2)CN1C(=O)[C@H](CC(=O)C=C(C)C)NC(=O)OC(C)(C)C)C(=O)NS(=O)(=O)C1CC1. The zero-order valence-corrected chi connectivity index (χ0v) is 31.2. The number of amides is 5. The fraction of sp³-hybridized carbons (Fsp3) is 0.556. The van der Waals surface area contributed by atoms with E-state index in [-0.39, 0.29) is 32.5 Å². The van der Waals surface area contributed by atoms with Crippen molar-refractivity contribution in [3.8, 4) is 0 Å². The van der Waals surface area contributed by atoms with Crippen LogP contribution < -0.4 is 15.4 Å². The summed E-state index contributed by atoms with van der Waals surface area (Å²) in [6.07, 6.45) is -0.0962. The van der Waals surface area contributed by atoms with Crippen LogP contribution in [0.3, 0.4) is 0 Å². The quantitative estimate of drug-likeness (QED) is 0.211. The molecule has 1 aromatic rings. The number of likely N-dealkylation sites (tertiary alicyclic amines) is 1. The van der Waals surface area contributed by atoms with Gasteiger partial charge in [0.2, 0.25) is 21.8 Å². The third kappa shape index (κ3) is 9.23. The smallest absolute Gasteiger partial charge is 0.410 e. The number of carbonyl (C=O) groups is 6. The van der Waals surface area contributed by atoms with Crippen molar-refractivity contribution in [1.82, 2.24) is 25.2 Å². The van der Waals surface area contributed by atoms with Gasteiger partial charge in [0.1, 0.15) is 35.1 Å². The average molecular weight is 760 g/mol. The van der Waals surface area contributed by atoms with Crippen LogP contribution in [0.25, 0.3) is 0 Å². The maximum atomic E-state index is 14.4. The van der Waals surface area contributed by atoms with Gasteiger partial charge in [-0.2, -0.15) is 0 Å². The number of halogens is 1. The number of sulfonamides is 1. The van der Waals surface area contributed by atoms with Crippen molar-refractivity contribution in [3.05, 3.63) is 59.4 Å². The molecule has 2 unspecified atom stereocenters. The summed E-state index contributed by atoms with van der Waals surface area (Å²) in [5.74, 6) is -4.27. The van der Waals surface area contributed by atoms with Gasteiger partial charge in [0.05, 0.1) is 18.3 Å². The minimum absolute atomic E-state index is 0.0411. The molecular formula is C36H46FN5O10S. The van der Waals surface area contributed by atoms with E-state index in [2.05, 4.69) is 21.9 Å². The number of benzene rings is 1. The number of carbonyl (C=O) groups excluding carboxylic acids is 6. The molecule has 5 atom stereocenters. The molecule has 2 heterocycles. The number of nitrogens with one attached hydrogen (secondary N) is 3. The Labute approximate surface area is 307 Å². The van der Waals surface area contributed by atoms with Gasteiger partial charge in [-0.3, -0.25) is 28.8 Å². The minimum atomic E-state index is -3.97. The van der Waals surface area contributed by atoms with Crippen LogP contribution in [-0.4, -0.2) is 95.0 Å². The van der Waals surface area contributed by atoms with Gasteiger partial charge in [-0.25, -0.2) is 22.4 Å². The number of ketones is 1. The van der Waals surface area contributed by atoms with Crippen LogP contribution in [0.1, 0.15) is 77.8 Å². The molecule has 0 aromatic heterocycles. The molecule has 0 spiro atoms. The lowest BCUT2D eigenvalue weighted by Crippen LogP contribution is -2.58. The molecule has 2 aliphatic heterocycles. The summed E-state index contributed by atoms with van der Waals surface area (Å²) in [6.45, 7) is 11.6. The summed E-state index contributed by atoms with van der Waals surface area (Å²) in [5.41, 5.74) is -1.04. The average Bonchev–Trinajstić information content (AvgIpc) is 3.93. The lowest BCUT2D eigenvalue weighted by atomic mass is 10.1. The predicted octanol–water partition coefficient (Wildman–Crippen LogP) is 2.74. The van der Waals surface area contributed by atoms with Crippen molar-refractivity contribution in [2.45, 2.75) is 114 Å². The Hall–Kier alpha value is -4.80. The van der Waals surface area contributed by atoms with Gasteiger partial charge in [-0.1, -0.05) is 23.8 Å². The van der Waals surface area contributed by atoms with E-state index in [4.69, 9.17) is 9.47 Å². The van der Waals surface area contributed by atoms with E-state index in [0.29, 0.717) is 29.5 Å². The van der Waals surface area contributed by atoms with Gasteiger partial charge in [0, 0.05) is 30.9 Å². The first kappa shape index (κ1) is 39.4. The topological polar surface area (TPSA) is 198 Å². The first-order chi connectivity index (χ1) is 24.7. The molecule has 2 aliphatic carbocycles. The van der Waals surface area contributed by atoms with Crippen molar-refractivity contribution in [2.24, 2.45) is 5.92 Å². The molecule has 3 fully saturated rings. The van der Waals surface area contributed by atoms with Gasteiger partial charge < -0.3 is 25.0 Å². The Balaban J connectivity index is 1.40. The molecule has 5 amide bonds. The van der Waals surface area contributed by atoms with Gasteiger partial charge in [-0.05, 0) is 71.6 Å². The summed E-state index contributed by atoms with van der Waals surface area (Å²) >= 11 is 0. The summed E-state index contributed by atoms with van der Waals surface area (Å²) < 4.78 is 52.8. The summed E-state index contributed by atoms with van der Waals surface area (Å²) in [4.78, 5) is 83.3. The van der Waals surface area contributed by atoms with Crippen LogP contribution in [-0.2, 0) is 51.8 Å². The van der Waals surface area contributed by atoms with E-state index >= 15 is 0 Å². The van der Waals surface area contributed by atoms with Crippen LogP contribution >= 0.6 is 0 Å². The lowest BCUT2D eigenvalue weighted by Gasteiger charge is -2.30. The van der Waals surface area contributed by atoms with E-state index in [1.54, 1.807) is 40.7 Å². The van der Waals surface area contributed by atoms with Crippen LogP contribution in [0.15, 0.2) is 42.5 Å². The largest absolute Gasteiger partial charge is 0.444 e. The first-order valence-electron chi connectivity index (χ1n) is 17.4. The van der Waals surface area contributed by atoms with Crippen molar-refractivity contribution in [3.63, 3.8) is 0 Å². The second kappa shape index (κ2) is 14.9.